The number of carbonyl (C=O) groups excluding carboxylic acids is 1. The molecule has 8 nitrogen and oxygen atoms in total. The van der Waals surface area contributed by atoms with Gasteiger partial charge in [0.05, 0.1) is 17.8 Å². The van der Waals surface area contributed by atoms with Crippen molar-refractivity contribution < 1.29 is 4.79 Å². The summed E-state index contributed by atoms with van der Waals surface area (Å²) in [6.45, 7) is 4.55. The quantitative estimate of drug-likeness (QED) is 0.780. The van der Waals surface area contributed by atoms with Crippen LogP contribution >= 0.6 is 0 Å². The van der Waals surface area contributed by atoms with E-state index in [9.17, 15) is 9.59 Å². The van der Waals surface area contributed by atoms with Crippen LogP contribution in [0.25, 0.3) is 0 Å². The van der Waals surface area contributed by atoms with Crippen molar-refractivity contribution in [1.29, 1.82) is 0 Å². The van der Waals surface area contributed by atoms with E-state index in [1.165, 1.54) is 4.68 Å². The Morgan fingerprint density at radius 3 is 2.64 bits per heavy atom. The zero-order valence-corrected chi connectivity index (χ0v) is 16.2. The predicted octanol–water partition coefficient (Wildman–Crippen LogP) is 0.741. The predicted molar refractivity (Wildman–Crippen MR) is 107 cm³/mol. The van der Waals surface area contributed by atoms with Crippen molar-refractivity contribution in [3.05, 3.63) is 47.0 Å². The maximum atomic E-state index is 13.1. The van der Waals surface area contributed by atoms with E-state index in [1.54, 1.807) is 25.5 Å². The molecule has 0 bridgehead atoms. The molecule has 2 fully saturated rings. The van der Waals surface area contributed by atoms with E-state index in [4.69, 9.17) is 0 Å². The van der Waals surface area contributed by atoms with Gasteiger partial charge in [-0.15, -0.1) is 0 Å². The Morgan fingerprint density at radius 1 is 1.11 bits per heavy atom. The van der Waals surface area contributed by atoms with E-state index in [0.717, 1.165) is 57.1 Å². The number of amides is 1. The Labute approximate surface area is 164 Å². The van der Waals surface area contributed by atoms with Crippen LogP contribution in [0.1, 0.15) is 12.8 Å². The van der Waals surface area contributed by atoms with Gasteiger partial charge in [-0.1, -0.05) is 6.07 Å². The third kappa shape index (κ3) is 3.85. The van der Waals surface area contributed by atoms with Crippen LogP contribution in [0, 0.1) is 5.92 Å². The van der Waals surface area contributed by atoms with Crippen LogP contribution in [0.3, 0.4) is 0 Å². The second kappa shape index (κ2) is 8.00. The molecule has 0 saturated carbocycles. The van der Waals surface area contributed by atoms with Crippen LogP contribution in [0.2, 0.25) is 0 Å². The number of piperazine rings is 1. The van der Waals surface area contributed by atoms with E-state index in [0.29, 0.717) is 6.54 Å². The number of hydrogen-bond acceptors (Lipinski definition) is 6. The molecule has 2 aromatic rings. The van der Waals surface area contributed by atoms with Crippen molar-refractivity contribution in [2.45, 2.75) is 12.8 Å². The number of pyridine rings is 1. The van der Waals surface area contributed by atoms with Crippen molar-refractivity contribution >= 4 is 17.4 Å². The van der Waals surface area contributed by atoms with Gasteiger partial charge in [0.25, 0.3) is 5.56 Å². The van der Waals surface area contributed by atoms with Gasteiger partial charge in [-0.2, -0.15) is 5.10 Å². The largest absolute Gasteiger partial charge is 0.369 e. The molecule has 148 valence electrons. The van der Waals surface area contributed by atoms with Gasteiger partial charge in [-0.05, 0) is 25.0 Å². The summed E-state index contributed by atoms with van der Waals surface area (Å²) in [7, 11) is 1.64. The number of nitrogens with zero attached hydrogens (tertiary/aromatic N) is 6. The Morgan fingerprint density at radius 2 is 1.93 bits per heavy atom. The van der Waals surface area contributed by atoms with Gasteiger partial charge in [-0.25, -0.2) is 9.67 Å². The third-order valence-corrected chi connectivity index (χ3v) is 5.65. The van der Waals surface area contributed by atoms with Crippen LogP contribution in [0.5, 0.6) is 0 Å². The second-order valence-corrected chi connectivity index (χ2v) is 7.46. The minimum Gasteiger partial charge on any atom is -0.369 e. The fourth-order valence-electron chi connectivity index (χ4n) is 4.00. The number of piperidine rings is 1. The summed E-state index contributed by atoms with van der Waals surface area (Å²) in [6, 6.07) is 7.51. The Bertz CT molecular complexity index is 876. The summed E-state index contributed by atoms with van der Waals surface area (Å²) in [4.78, 5) is 35.7. The molecule has 2 aliphatic rings. The van der Waals surface area contributed by atoms with E-state index in [-0.39, 0.29) is 17.4 Å². The third-order valence-electron chi connectivity index (χ3n) is 5.65. The number of rotatable bonds is 3. The molecule has 0 N–H and O–H groups in total. The highest BCUT2D eigenvalue weighted by Gasteiger charge is 2.31. The minimum atomic E-state index is -0.128. The van der Waals surface area contributed by atoms with Crippen molar-refractivity contribution in [3.63, 3.8) is 0 Å². The van der Waals surface area contributed by atoms with Crippen LogP contribution in [-0.2, 0) is 11.8 Å². The van der Waals surface area contributed by atoms with Crippen LogP contribution in [0.4, 0.5) is 11.5 Å². The van der Waals surface area contributed by atoms with Crippen molar-refractivity contribution in [2.75, 3.05) is 49.1 Å². The molecule has 28 heavy (non-hydrogen) atoms. The van der Waals surface area contributed by atoms with E-state index >= 15 is 0 Å². The van der Waals surface area contributed by atoms with E-state index in [1.807, 2.05) is 23.1 Å². The number of anilines is 2. The average molecular weight is 382 g/mol. The highest BCUT2D eigenvalue weighted by atomic mass is 16.2. The molecule has 8 heteroatoms. The van der Waals surface area contributed by atoms with E-state index < -0.39 is 0 Å². The van der Waals surface area contributed by atoms with Gasteiger partial charge in [-0.3, -0.25) is 9.59 Å². The van der Waals surface area contributed by atoms with Crippen molar-refractivity contribution in [3.8, 4) is 0 Å². The summed E-state index contributed by atoms with van der Waals surface area (Å²) >= 11 is 0. The molecular weight excluding hydrogens is 356 g/mol. The average Bonchev–Trinajstić information content (AvgIpc) is 2.76. The maximum Gasteiger partial charge on any atom is 0.268 e. The minimum absolute atomic E-state index is 0.0285. The van der Waals surface area contributed by atoms with Gasteiger partial charge < -0.3 is 14.7 Å². The highest BCUT2D eigenvalue weighted by Crippen LogP contribution is 2.24. The first kappa shape index (κ1) is 18.5. The van der Waals surface area contributed by atoms with Gasteiger partial charge in [0.1, 0.15) is 5.82 Å². The first-order valence-electron chi connectivity index (χ1n) is 9.85. The molecule has 4 heterocycles. The number of aryl methyl sites for hydroxylation is 1. The smallest absolute Gasteiger partial charge is 0.268 e. The lowest BCUT2D eigenvalue weighted by Crippen LogP contribution is -2.52. The lowest BCUT2D eigenvalue weighted by atomic mass is 9.96. The first-order chi connectivity index (χ1) is 13.6. The molecule has 2 aliphatic heterocycles. The van der Waals surface area contributed by atoms with Gasteiger partial charge in [0.2, 0.25) is 5.91 Å². The van der Waals surface area contributed by atoms with Crippen molar-refractivity contribution in [1.82, 2.24) is 19.7 Å². The number of carbonyl (C=O) groups is 1. The van der Waals surface area contributed by atoms with E-state index in [2.05, 4.69) is 19.9 Å². The zero-order valence-electron chi connectivity index (χ0n) is 16.2. The summed E-state index contributed by atoms with van der Waals surface area (Å²) in [5.74, 6) is 1.16. The summed E-state index contributed by atoms with van der Waals surface area (Å²) in [5, 5.41) is 4.11. The van der Waals surface area contributed by atoms with Gasteiger partial charge >= 0.3 is 0 Å². The Hall–Kier alpha value is -2.90. The molecule has 2 aromatic heterocycles. The molecule has 1 unspecified atom stereocenters. The summed E-state index contributed by atoms with van der Waals surface area (Å²) in [5.41, 5.74) is 0.678. The molecule has 0 radical (unpaired) electrons. The molecular formula is C20H26N6O2. The maximum absolute atomic E-state index is 13.1. The second-order valence-electron chi connectivity index (χ2n) is 7.46. The molecule has 1 amide bonds. The summed E-state index contributed by atoms with van der Waals surface area (Å²) in [6.07, 6.45) is 5.35. The molecule has 4 rings (SSSR count). The zero-order chi connectivity index (χ0) is 19.5. The van der Waals surface area contributed by atoms with Gasteiger partial charge in [0, 0.05) is 58.6 Å². The van der Waals surface area contributed by atoms with Gasteiger partial charge in [0.15, 0.2) is 0 Å². The monoisotopic (exact) mass is 382 g/mol. The number of hydrogen-bond donors (Lipinski definition) is 0. The molecule has 0 aromatic carbocycles. The summed E-state index contributed by atoms with van der Waals surface area (Å²) < 4.78 is 1.32. The fraction of sp³-hybridized carbons (Fsp3) is 0.500. The normalized spacial score (nSPS) is 20.3. The topological polar surface area (TPSA) is 74.6 Å². The lowest BCUT2D eigenvalue weighted by Gasteiger charge is -2.39. The van der Waals surface area contributed by atoms with Crippen LogP contribution in [0.15, 0.2) is 41.5 Å². The molecule has 2 saturated heterocycles. The van der Waals surface area contributed by atoms with Crippen molar-refractivity contribution in [2.24, 2.45) is 13.0 Å². The molecule has 1 atom stereocenters. The highest BCUT2D eigenvalue weighted by molar-refractivity contribution is 5.80. The fourth-order valence-corrected chi connectivity index (χ4v) is 4.00. The first-order valence-corrected chi connectivity index (χ1v) is 9.85. The number of aromatic nitrogens is 3. The Balaban J connectivity index is 1.37. The van der Waals surface area contributed by atoms with Crippen LogP contribution in [-0.4, -0.2) is 64.8 Å². The Kier molecular flexibility index (Phi) is 5.27. The van der Waals surface area contributed by atoms with Crippen LogP contribution < -0.4 is 15.4 Å². The molecule has 0 aliphatic carbocycles. The SMILES string of the molecule is Cn1ncc(N2CCCC(C(=O)N3CCN(c4ccccn4)CC3)C2)cc1=O. The standard InChI is InChI=1S/C20H26N6O2/c1-23-19(27)13-17(14-22-23)26-8-4-5-16(15-26)20(28)25-11-9-24(10-12-25)18-6-2-3-7-21-18/h2-3,6-7,13-14,16H,4-5,8-12,15H2,1H3. The molecule has 0 spiro atoms. The lowest BCUT2D eigenvalue weighted by molar-refractivity contribution is -0.136.